The molecule has 7 heteroatoms. The summed E-state index contributed by atoms with van der Waals surface area (Å²) in [7, 11) is 1.34. The first kappa shape index (κ1) is 22.4. The van der Waals surface area contributed by atoms with Gasteiger partial charge in [0, 0.05) is 0 Å². The summed E-state index contributed by atoms with van der Waals surface area (Å²) in [5.74, 6) is 1.01. The largest absolute Gasteiger partial charge is 0.465 e. The van der Waals surface area contributed by atoms with E-state index in [1.54, 1.807) is 18.2 Å². The van der Waals surface area contributed by atoms with Crippen molar-refractivity contribution in [2.24, 2.45) is 5.92 Å². The molecule has 1 aromatic heterocycles. The molecule has 0 spiro atoms. The highest BCUT2D eigenvalue weighted by atomic mass is 16.5. The molecule has 2 heterocycles. The number of hydrogen-bond donors (Lipinski definition) is 1. The van der Waals surface area contributed by atoms with Gasteiger partial charge in [-0.15, -0.1) is 0 Å². The van der Waals surface area contributed by atoms with E-state index in [0.29, 0.717) is 28.8 Å². The van der Waals surface area contributed by atoms with Crippen molar-refractivity contribution in [3.8, 4) is 0 Å². The maximum atomic E-state index is 12.4. The summed E-state index contributed by atoms with van der Waals surface area (Å²) in [6.45, 7) is 10.6. The first-order chi connectivity index (χ1) is 14.5. The van der Waals surface area contributed by atoms with Gasteiger partial charge in [0.05, 0.1) is 30.1 Å². The highest BCUT2D eigenvalue weighted by Gasteiger charge is 2.20. The Hall–Kier alpha value is -2.25. The van der Waals surface area contributed by atoms with Crippen molar-refractivity contribution in [2.45, 2.75) is 46.1 Å². The molecule has 0 radical (unpaired) electrons. The predicted molar refractivity (Wildman–Crippen MR) is 119 cm³/mol. The van der Waals surface area contributed by atoms with Gasteiger partial charge in [-0.25, -0.2) is 9.78 Å². The van der Waals surface area contributed by atoms with Gasteiger partial charge in [0.1, 0.15) is 5.82 Å². The summed E-state index contributed by atoms with van der Waals surface area (Å²) in [4.78, 5) is 36.6. The van der Waals surface area contributed by atoms with Crippen LogP contribution < -0.4 is 5.56 Å². The molecule has 2 aromatic rings. The highest BCUT2D eigenvalue weighted by molar-refractivity contribution is 5.93. The topological polar surface area (TPSA) is 78.5 Å². The summed E-state index contributed by atoms with van der Waals surface area (Å²) < 4.78 is 4.77. The monoisotopic (exact) mass is 414 g/mol. The van der Waals surface area contributed by atoms with Crippen molar-refractivity contribution in [1.29, 1.82) is 0 Å². The van der Waals surface area contributed by atoms with Crippen LogP contribution >= 0.6 is 0 Å². The molecule has 1 N–H and O–H groups in total. The number of aromatic nitrogens is 2. The van der Waals surface area contributed by atoms with Gasteiger partial charge in [0.15, 0.2) is 0 Å². The maximum Gasteiger partial charge on any atom is 0.337 e. The van der Waals surface area contributed by atoms with Crippen LogP contribution in [-0.4, -0.2) is 65.6 Å². The predicted octanol–water partition coefficient (Wildman–Crippen LogP) is 3.04. The van der Waals surface area contributed by atoms with Crippen molar-refractivity contribution in [2.75, 3.05) is 39.8 Å². The molecule has 1 aliphatic rings. The first-order valence-electron chi connectivity index (χ1n) is 11.1. The molecular formula is C23H34N4O3. The molecule has 0 bridgehead atoms. The molecular weight excluding hydrogens is 380 g/mol. The van der Waals surface area contributed by atoms with Crippen molar-refractivity contribution < 1.29 is 9.53 Å². The molecule has 1 fully saturated rings. The number of rotatable bonds is 9. The minimum atomic E-state index is -0.427. The summed E-state index contributed by atoms with van der Waals surface area (Å²) >= 11 is 0. The van der Waals surface area contributed by atoms with E-state index in [0.717, 1.165) is 32.1 Å². The van der Waals surface area contributed by atoms with Gasteiger partial charge in [-0.3, -0.25) is 9.69 Å². The number of carbonyl (C=O) groups is 1. The molecule has 0 saturated carbocycles. The van der Waals surface area contributed by atoms with E-state index in [1.165, 1.54) is 39.3 Å². The van der Waals surface area contributed by atoms with E-state index in [4.69, 9.17) is 4.74 Å². The fourth-order valence-corrected chi connectivity index (χ4v) is 4.30. The van der Waals surface area contributed by atoms with Crippen LogP contribution in [0.15, 0.2) is 23.0 Å². The van der Waals surface area contributed by atoms with Crippen molar-refractivity contribution in [3.63, 3.8) is 0 Å². The van der Waals surface area contributed by atoms with Gasteiger partial charge < -0.3 is 14.6 Å². The van der Waals surface area contributed by atoms with E-state index in [1.807, 2.05) is 0 Å². The molecule has 3 rings (SSSR count). The van der Waals surface area contributed by atoms with Crippen LogP contribution in [0.3, 0.4) is 0 Å². The van der Waals surface area contributed by atoms with Crippen LogP contribution in [0.5, 0.6) is 0 Å². The second-order valence-electron chi connectivity index (χ2n) is 8.12. The van der Waals surface area contributed by atoms with Crippen LogP contribution in [0.1, 0.15) is 55.7 Å². The molecule has 7 nitrogen and oxygen atoms in total. The number of carbonyl (C=O) groups excluding carboxylic acids is 1. The lowest BCUT2D eigenvalue weighted by atomic mass is 9.92. The molecule has 0 atom stereocenters. The Bertz CT molecular complexity index is 899. The van der Waals surface area contributed by atoms with E-state index < -0.39 is 5.97 Å². The Balaban J connectivity index is 1.57. The lowest BCUT2D eigenvalue weighted by molar-refractivity contribution is 0.0601. The number of esters is 1. The van der Waals surface area contributed by atoms with Crippen molar-refractivity contribution in [3.05, 3.63) is 39.9 Å². The summed E-state index contributed by atoms with van der Waals surface area (Å²) in [5.41, 5.74) is 0.764. The van der Waals surface area contributed by atoms with Crippen molar-refractivity contribution >= 4 is 16.9 Å². The number of nitrogens with one attached hydrogen (secondary N) is 1. The van der Waals surface area contributed by atoms with E-state index >= 15 is 0 Å². The first-order valence-corrected chi connectivity index (χ1v) is 11.1. The summed E-state index contributed by atoms with van der Waals surface area (Å²) in [5, 5.41) is 0.485. The number of fused-ring (bicyclic) bond motifs is 1. The zero-order valence-corrected chi connectivity index (χ0v) is 18.4. The van der Waals surface area contributed by atoms with Crippen molar-refractivity contribution in [1.82, 2.24) is 19.8 Å². The number of benzene rings is 1. The third-order valence-corrected chi connectivity index (χ3v) is 6.24. The molecule has 0 aliphatic carbocycles. The van der Waals surface area contributed by atoms with Gasteiger partial charge in [-0.2, -0.15) is 0 Å². The second kappa shape index (κ2) is 10.7. The van der Waals surface area contributed by atoms with E-state index in [9.17, 15) is 9.59 Å². The summed E-state index contributed by atoms with van der Waals surface area (Å²) in [6, 6.07) is 4.85. The molecule has 1 saturated heterocycles. The molecule has 0 amide bonds. The molecule has 1 aliphatic heterocycles. The Morgan fingerprint density at radius 2 is 2.00 bits per heavy atom. The fraction of sp³-hybridized carbons (Fsp3) is 0.609. The number of aromatic amines is 1. The molecule has 0 unspecified atom stereocenters. The van der Waals surface area contributed by atoms with Gasteiger partial charge in [-0.05, 0) is 82.5 Å². The minimum Gasteiger partial charge on any atom is -0.465 e. The average molecular weight is 415 g/mol. The zero-order chi connectivity index (χ0) is 21.5. The Labute approximate surface area is 178 Å². The lowest BCUT2D eigenvalue weighted by Gasteiger charge is -2.32. The Morgan fingerprint density at radius 3 is 2.67 bits per heavy atom. The number of nitrogens with zero attached hydrogens (tertiary/aromatic N) is 3. The van der Waals surface area contributed by atoms with E-state index in [-0.39, 0.29) is 5.56 Å². The number of H-pyrrole nitrogens is 1. The fourth-order valence-electron chi connectivity index (χ4n) is 4.30. The molecule has 164 valence electrons. The SMILES string of the molecule is CCN(CC)CCCC1CCN(Cc2nc3cc(C(=O)OC)ccc3c(=O)[nH]2)CC1. The third-order valence-electron chi connectivity index (χ3n) is 6.24. The average Bonchev–Trinajstić information content (AvgIpc) is 2.77. The quantitative estimate of drug-likeness (QED) is 0.636. The standard InChI is InChI=1S/C23H34N4O3/c1-4-26(5-2)12-6-7-17-10-13-27(14-11-17)16-21-24-20-15-18(23(29)30-3)8-9-19(20)22(28)25-21/h8-9,15,17H,4-7,10-14,16H2,1-3H3,(H,24,25,28). The van der Waals surface area contributed by atoms with Gasteiger partial charge in [-0.1, -0.05) is 13.8 Å². The molecule has 30 heavy (non-hydrogen) atoms. The number of likely N-dealkylation sites (tertiary alicyclic amines) is 1. The normalized spacial score (nSPS) is 15.7. The number of ether oxygens (including phenoxy) is 1. The Kier molecular flexibility index (Phi) is 7.99. The van der Waals surface area contributed by atoms with E-state index in [2.05, 4.69) is 33.6 Å². The third kappa shape index (κ3) is 5.67. The van der Waals surface area contributed by atoms with Crippen LogP contribution in [0.2, 0.25) is 0 Å². The van der Waals surface area contributed by atoms with Crippen LogP contribution in [0.4, 0.5) is 0 Å². The number of piperidine rings is 1. The zero-order valence-electron chi connectivity index (χ0n) is 18.4. The maximum absolute atomic E-state index is 12.4. The number of hydrogen-bond acceptors (Lipinski definition) is 6. The lowest BCUT2D eigenvalue weighted by Crippen LogP contribution is -2.34. The van der Waals surface area contributed by atoms with Gasteiger partial charge >= 0.3 is 5.97 Å². The second-order valence-corrected chi connectivity index (χ2v) is 8.12. The minimum absolute atomic E-state index is 0.169. The van der Waals surface area contributed by atoms with Crippen LogP contribution in [-0.2, 0) is 11.3 Å². The number of methoxy groups -OCH3 is 1. The highest BCUT2D eigenvalue weighted by Crippen LogP contribution is 2.23. The van der Waals surface area contributed by atoms with Gasteiger partial charge in [0.2, 0.25) is 0 Å². The summed E-state index contributed by atoms with van der Waals surface area (Å²) in [6.07, 6.45) is 4.96. The smallest absolute Gasteiger partial charge is 0.337 e. The van der Waals surface area contributed by atoms with Crippen LogP contribution in [0, 0.1) is 5.92 Å². The molecule has 1 aromatic carbocycles. The Morgan fingerprint density at radius 1 is 1.27 bits per heavy atom. The van der Waals surface area contributed by atoms with Gasteiger partial charge in [0.25, 0.3) is 5.56 Å². The van der Waals surface area contributed by atoms with Crippen LogP contribution in [0.25, 0.3) is 10.9 Å².